The molecule has 33 heavy (non-hydrogen) atoms. The van der Waals surface area contributed by atoms with Gasteiger partial charge in [-0.1, -0.05) is 6.58 Å². The molecule has 0 aliphatic carbocycles. The fraction of sp³-hybridized carbons (Fsp3) is 0.444. The van der Waals surface area contributed by atoms with Crippen molar-refractivity contribution >= 4 is 44.6 Å². The number of ether oxygens (including phenoxy) is 3. The van der Waals surface area contributed by atoms with Crippen LogP contribution < -0.4 is 4.74 Å². The van der Waals surface area contributed by atoms with Crippen LogP contribution in [0.4, 0.5) is 22.0 Å². The molecule has 0 aromatic heterocycles. The van der Waals surface area contributed by atoms with Gasteiger partial charge in [-0.05, 0) is 60.6 Å². The largest absolute Gasteiger partial charge is 0.743 e. The van der Waals surface area contributed by atoms with Crippen LogP contribution in [0.25, 0.3) is 0 Å². The molecule has 1 aromatic carbocycles. The lowest BCUT2D eigenvalue weighted by atomic mass is 10.2. The summed E-state index contributed by atoms with van der Waals surface area (Å²) in [5.74, 6) is -2.92. The van der Waals surface area contributed by atoms with E-state index in [9.17, 15) is 44.5 Å². The van der Waals surface area contributed by atoms with Gasteiger partial charge in [0, 0.05) is 9.14 Å². The van der Waals surface area contributed by atoms with E-state index in [1.807, 2.05) is 0 Å². The molecule has 1 unspecified atom stereocenters. The van der Waals surface area contributed by atoms with E-state index < -0.39 is 45.2 Å². The zero-order valence-electron chi connectivity index (χ0n) is 16.8. The average Bonchev–Trinajstić information content (AvgIpc) is 2.67. The number of rotatable bonds is 11. The molecule has 15 heteroatoms. The highest BCUT2D eigenvalue weighted by Gasteiger charge is 2.63. The summed E-state index contributed by atoms with van der Waals surface area (Å²) in [6, 6.07) is 3.51. The van der Waals surface area contributed by atoms with Gasteiger partial charge in [0.25, 0.3) is 6.10 Å². The van der Waals surface area contributed by atoms with Crippen molar-refractivity contribution in [3.05, 3.63) is 39.5 Å². The Hall–Kier alpha value is -2.01. The number of carbonyl (C=O) groups is 2. The van der Waals surface area contributed by atoms with Crippen LogP contribution in [0.5, 0.6) is 5.75 Å². The third-order valence-corrected chi connectivity index (χ3v) is 5.25. The first kappa shape index (κ1) is 29.0. The highest BCUT2D eigenvalue weighted by atomic mass is 127. The first-order valence-electron chi connectivity index (χ1n) is 8.84. The van der Waals surface area contributed by atoms with E-state index in [1.165, 1.54) is 13.0 Å². The van der Waals surface area contributed by atoms with Crippen LogP contribution in [0.2, 0.25) is 0 Å². The molecule has 0 amide bonds. The van der Waals surface area contributed by atoms with E-state index in [4.69, 9.17) is 9.47 Å². The third kappa shape index (κ3) is 8.37. The number of esters is 2. The van der Waals surface area contributed by atoms with Crippen molar-refractivity contribution < 1.29 is 58.7 Å². The predicted molar refractivity (Wildman–Crippen MR) is 110 cm³/mol. The SMILES string of the molecule is C=C(C)C(=O)OCCCCOc1ccc(I)cc1C(=O)OC(C(F)(F)F)C(F)(F)S(=O)(=O)[O-]. The molecule has 0 aliphatic rings. The molecule has 0 spiro atoms. The lowest BCUT2D eigenvalue weighted by Crippen LogP contribution is -2.52. The van der Waals surface area contributed by atoms with Gasteiger partial charge < -0.3 is 18.8 Å². The highest BCUT2D eigenvalue weighted by molar-refractivity contribution is 14.1. The minimum Gasteiger partial charge on any atom is -0.743 e. The van der Waals surface area contributed by atoms with E-state index in [1.54, 1.807) is 22.6 Å². The van der Waals surface area contributed by atoms with E-state index in [-0.39, 0.29) is 34.5 Å². The number of carbonyl (C=O) groups excluding carboxylic acids is 2. The van der Waals surface area contributed by atoms with Gasteiger partial charge in [-0.2, -0.15) is 22.0 Å². The fourth-order valence-corrected chi connectivity index (χ4v) is 3.02. The van der Waals surface area contributed by atoms with Gasteiger partial charge in [-0.3, -0.25) is 0 Å². The average molecular weight is 615 g/mol. The summed E-state index contributed by atoms with van der Waals surface area (Å²) in [5.41, 5.74) is -0.509. The Bertz CT molecular complexity index is 994. The minimum atomic E-state index is -6.82. The molecule has 1 atom stereocenters. The Morgan fingerprint density at radius 1 is 1.15 bits per heavy atom. The third-order valence-electron chi connectivity index (χ3n) is 3.70. The molecule has 0 N–H and O–H groups in total. The van der Waals surface area contributed by atoms with Crippen molar-refractivity contribution in [2.24, 2.45) is 0 Å². The summed E-state index contributed by atoms with van der Waals surface area (Å²) in [5, 5.41) is -5.97. The van der Waals surface area contributed by atoms with Crippen LogP contribution in [0, 0.1) is 3.57 Å². The van der Waals surface area contributed by atoms with Gasteiger partial charge in [0.1, 0.15) is 11.3 Å². The molecular formula is C18H17F5IO8S-. The molecule has 0 aliphatic heterocycles. The first-order valence-corrected chi connectivity index (χ1v) is 11.3. The molecule has 1 rings (SSSR count). The Balaban J connectivity index is 2.95. The van der Waals surface area contributed by atoms with Crippen molar-refractivity contribution in [2.45, 2.75) is 37.3 Å². The van der Waals surface area contributed by atoms with Crippen molar-refractivity contribution in [3.8, 4) is 5.75 Å². The summed E-state index contributed by atoms with van der Waals surface area (Å²) >= 11 is 1.67. The van der Waals surface area contributed by atoms with Crippen LogP contribution >= 0.6 is 22.6 Å². The predicted octanol–water partition coefficient (Wildman–Crippen LogP) is 3.80. The standard InChI is InChI=1S/C18H18F5IO8S/c1-10(2)14(25)31-8-4-3-7-30-13-6-5-11(24)9-12(13)15(26)32-16(17(19,20)21)18(22,23)33(27,28)29/h5-6,9,16H,1,3-4,7-8H2,2H3,(H,27,28,29)/p-1. The summed E-state index contributed by atoms with van der Waals surface area (Å²) in [6.07, 6.45) is -10.0. The fourth-order valence-electron chi connectivity index (χ4n) is 2.09. The number of alkyl halides is 5. The topological polar surface area (TPSA) is 119 Å². The van der Waals surface area contributed by atoms with Gasteiger partial charge >= 0.3 is 23.4 Å². The van der Waals surface area contributed by atoms with Crippen LogP contribution in [0.3, 0.4) is 0 Å². The van der Waals surface area contributed by atoms with E-state index >= 15 is 0 Å². The van der Waals surface area contributed by atoms with Crippen molar-refractivity contribution in [3.63, 3.8) is 0 Å². The van der Waals surface area contributed by atoms with E-state index in [0.29, 0.717) is 6.42 Å². The number of halogens is 6. The van der Waals surface area contributed by atoms with Crippen LogP contribution in [0.1, 0.15) is 30.1 Å². The molecule has 0 fully saturated rings. The summed E-state index contributed by atoms with van der Waals surface area (Å²) in [4.78, 5) is 23.5. The zero-order valence-corrected chi connectivity index (χ0v) is 19.8. The molecule has 0 heterocycles. The Kier molecular flexibility index (Phi) is 10.0. The van der Waals surface area contributed by atoms with Crippen LogP contribution in [-0.4, -0.2) is 55.7 Å². The molecular weight excluding hydrogens is 598 g/mol. The molecule has 0 saturated carbocycles. The monoisotopic (exact) mass is 615 g/mol. The van der Waals surface area contributed by atoms with Crippen molar-refractivity contribution in [2.75, 3.05) is 13.2 Å². The Morgan fingerprint density at radius 3 is 2.24 bits per heavy atom. The summed E-state index contributed by atoms with van der Waals surface area (Å²) in [6.45, 7) is 4.75. The van der Waals surface area contributed by atoms with Gasteiger partial charge in [-0.15, -0.1) is 0 Å². The second-order valence-electron chi connectivity index (χ2n) is 6.46. The second kappa shape index (κ2) is 11.4. The van der Waals surface area contributed by atoms with Gasteiger partial charge in [0.2, 0.25) is 0 Å². The van der Waals surface area contributed by atoms with Crippen LogP contribution in [0.15, 0.2) is 30.4 Å². The maximum atomic E-state index is 13.6. The minimum absolute atomic E-state index is 0.0165. The molecule has 186 valence electrons. The smallest absolute Gasteiger partial charge is 0.432 e. The Labute approximate surface area is 199 Å². The van der Waals surface area contributed by atoms with E-state index in [0.717, 1.165) is 12.1 Å². The number of hydrogen-bond donors (Lipinski definition) is 0. The first-order chi connectivity index (χ1) is 15.0. The molecule has 0 saturated heterocycles. The maximum Gasteiger partial charge on any atom is 0.432 e. The van der Waals surface area contributed by atoms with Gasteiger partial charge in [-0.25, -0.2) is 18.0 Å². The van der Waals surface area contributed by atoms with Gasteiger partial charge in [0.05, 0.1) is 13.2 Å². The lowest BCUT2D eigenvalue weighted by molar-refractivity contribution is -0.248. The number of hydrogen-bond acceptors (Lipinski definition) is 8. The highest BCUT2D eigenvalue weighted by Crippen LogP contribution is 2.39. The molecule has 0 bridgehead atoms. The molecule has 1 aromatic rings. The lowest BCUT2D eigenvalue weighted by Gasteiger charge is -2.29. The maximum absolute atomic E-state index is 13.6. The van der Waals surface area contributed by atoms with Gasteiger partial charge in [0.15, 0.2) is 10.1 Å². The van der Waals surface area contributed by atoms with Crippen molar-refractivity contribution in [1.82, 2.24) is 0 Å². The summed E-state index contributed by atoms with van der Waals surface area (Å²) in [7, 11) is -6.82. The normalized spacial score (nSPS) is 13.2. The quantitative estimate of drug-likeness (QED) is 0.0922. The number of unbranched alkanes of at least 4 members (excludes halogenated alkanes) is 1. The molecule has 8 nitrogen and oxygen atoms in total. The molecule has 0 radical (unpaired) electrons. The van der Waals surface area contributed by atoms with Crippen molar-refractivity contribution in [1.29, 1.82) is 0 Å². The van der Waals surface area contributed by atoms with E-state index in [2.05, 4.69) is 11.3 Å². The zero-order chi connectivity index (χ0) is 25.6. The number of benzene rings is 1. The summed E-state index contributed by atoms with van der Waals surface area (Å²) < 4.78 is 112. The second-order valence-corrected chi connectivity index (χ2v) is 9.15. The Morgan fingerprint density at radius 2 is 1.73 bits per heavy atom. The van der Waals surface area contributed by atoms with Crippen LogP contribution in [-0.2, 0) is 24.4 Å².